The minimum atomic E-state index is -4.79. The number of esters is 1. The molecule has 4 heterocycles. The number of carbonyl (C=O) groups is 4. The van der Waals surface area contributed by atoms with E-state index in [9.17, 15) is 32.3 Å². The predicted molar refractivity (Wildman–Crippen MR) is 195 cm³/mol. The number of anilines is 2. The molecule has 2 atom stereocenters. The largest absolute Gasteiger partial charge is 0.465 e. The van der Waals surface area contributed by atoms with E-state index in [0.717, 1.165) is 30.3 Å². The van der Waals surface area contributed by atoms with Gasteiger partial charge in [-0.1, -0.05) is 29.8 Å². The number of halogens is 4. The normalized spacial score (nSPS) is 20.9. The number of hydrogen-bond donors (Lipinski definition) is 2. The number of piperazine rings is 1. The molecule has 13 nitrogen and oxygen atoms in total. The number of rotatable bonds is 9. The fourth-order valence-electron chi connectivity index (χ4n) is 7.87. The van der Waals surface area contributed by atoms with Gasteiger partial charge in [0.1, 0.15) is 0 Å². The van der Waals surface area contributed by atoms with Gasteiger partial charge >= 0.3 is 24.3 Å². The average Bonchev–Trinajstić information content (AvgIpc) is 3.53. The van der Waals surface area contributed by atoms with Crippen LogP contribution < -0.4 is 11.1 Å². The first-order valence-corrected chi connectivity index (χ1v) is 18.9. The van der Waals surface area contributed by atoms with E-state index in [1.165, 1.54) is 11.0 Å². The molecular formula is C37H47ClF3N7O6. The quantitative estimate of drug-likeness (QED) is 0.282. The first-order valence-electron chi connectivity index (χ1n) is 18.5. The van der Waals surface area contributed by atoms with Crippen molar-refractivity contribution in [2.24, 2.45) is 0 Å². The second-order valence-electron chi connectivity index (χ2n) is 14.2. The fourth-order valence-corrected chi connectivity index (χ4v) is 8.11. The maximum Gasteiger partial charge on any atom is 0.418 e. The molecule has 3 fully saturated rings. The zero-order valence-electron chi connectivity index (χ0n) is 30.3. The molecule has 54 heavy (non-hydrogen) atoms. The van der Waals surface area contributed by atoms with Crippen molar-refractivity contribution in [3.05, 3.63) is 58.1 Å². The van der Waals surface area contributed by atoms with Crippen LogP contribution >= 0.6 is 11.6 Å². The van der Waals surface area contributed by atoms with Gasteiger partial charge in [-0.3, -0.25) is 19.4 Å². The van der Waals surface area contributed by atoms with Crippen molar-refractivity contribution in [2.75, 3.05) is 83.1 Å². The lowest BCUT2D eigenvalue weighted by atomic mass is 10.0. The van der Waals surface area contributed by atoms with Crippen LogP contribution in [0.2, 0.25) is 5.02 Å². The van der Waals surface area contributed by atoms with Crippen LogP contribution in [0.15, 0.2) is 36.4 Å². The number of piperidine rings is 1. The maximum atomic E-state index is 14.1. The van der Waals surface area contributed by atoms with Gasteiger partial charge in [-0.05, 0) is 61.9 Å². The summed E-state index contributed by atoms with van der Waals surface area (Å²) in [5.41, 5.74) is 5.78. The first kappa shape index (κ1) is 39.4. The number of ether oxygens (including phenoxy) is 2. The minimum absolute atomic E-state index is 0.0471. The predicted octanol–water partition coefficient (Wildman–Crippen LogP) is 4.32. The van der Waals surface area contributed by atoms with Crippen molar-refractivity contribution >= 4 is 47.0 Å². The number of nitrogen functional groups attached to an aromatic ring is 1. The van der Waals surface area contributed by atoms with Crippen molar-refractivity contribution < 1.29 is 41.8 Å². The molecule has 0 radical (unpaired) electrons. The molecule has 3 saturated heterocycles. The Balaban J connectivity index is 1.10. The zero-order valence-corrected chi connectivity index (χ0v) is 31.0. The molecule has 0 bridgehead atoms. The molecule has 4 amide bonds. The van der Waals surface area contributed by atoms with Crippen LogP contribution in [0.5, 0.6) is 0 Å². The number of para-hydroxylation sites is 1. The van der Waals surface area contributed by atoms with Crippen LogP contribution in [0.1, 0.15) is 42.9 Å². The van der Waals surface area contributed by atoms with Crippen molar-refractivity contribution in [1.29, 1.82) is 0 Å². The van der Waals surface area contributed by atoms with E-state index < -0.39 is 35.5 Å². The Labute approximate surface area is 317 Å². The third kappa shape index (κ3) is 9.32. The number of fused-ring (bicyclic) bond motifs is 1. The molecule has 294 valence electrons. The topological polar surface area (TPSA) is 141 Å². The zero-order chi connectivity index (χ0) is 38.6. The molecule has 0 aliphatic carbocycles. The third-order valence-corrected chi connectivity index (χ3v) is 11.1. The lowest BCUT2D eigenvalue weighted by Gasteiger charge is -2.40. The summed E-state index contributed by atoms with van der Waals surface area (Å²) >= 11 is 6.12. The van der Waals surface area contributed by atoms with Crippen molar-refractivity contribution in [3.8, 4) is 0 Å². The average molecular weight is 778 g/mol. The lowest BCUT2D eigenvalue weighted by molar-refractivity contribution is -0.145. The molecule has 6 rings (SSSR count). The third-order valence-electron chi connectivity index (χ3n) is 10.8. The van der Waals surface area contributed by atoms with Gasteiger partial charge in [0.2, 0.25) is 0 Å². The monoisotopic (exact) mass is 777 g/mol. The van der Waals surface area contributed by atoms with Gasteiger partial charge in [-0.15, -0.1) is 0 Å². The van der Waals surface area contributed by atoms with Crippen LogP contribution in [0.3, 0.4) is 0 Å². The number of nitrogens with two attached hydrogens (primary N) is 1. The highest BCUT2D eigenvalue weighted by molar-refractivity contribution is 6.33. The highest BCUT2D eigenvalue weighted by Gasteiger charge is 2.39. The summed E-state index contributed by atoms with van der Waals surface area (Å²) in [6.45, 7) is 6.54. The van der Waals surface area contributed by atoms with E-state index in [-0.39, 0.29) is 60.7 Å². The summed E-state index contributed by atoms with van der Waals surface area (Å²) in [4.78, 5) is 61.9. The van der Waals surface area contributed by atoms with E-state index in [0.29, 0.717) is 65.1 Å². The van der Waals surface area contributed by atoms with E-state index in [4.69, 9.17) is 26.8 Å². The standard InChI is InChI=1S/C37H47ClF3N7O6/c1-2-53-32(49)23-44-11-8-27(22-44)45-15-17-46(18-16-45)34(50)31(21-24-19-28(37(39,40)41)33(42)29(38)20-24)54-36(52)47-12-9-26(10-13-47)48-14-7-25-5-3-4-6-30(25)43-35(48)51/h3-6,19-20,26-27,31H,2,7-18,21-23,42H2,1H3,(H,43,51)/t27-,31-/m1/s1. The summed E-state index contributed by atoms with van der Waals surface area (Å²) in [5, 5.41) is 2.66. The van der Waals surface area contributed by atoms with E-state index in [2.05, 4.69) is 10.2 Å². The Morgan fingerprint density at radius 2 is 1.67 bits per heavy atom. The minimum Gasteiger partial charge on any atom is -0.465 e. The molecule has 3 N–H and O–H groups in total. The molecule has 0 spiro atoms. The highest BCUT2D eigenvalue weighted by Crippen LogP contribution is 2.38. The molecule has 4 aliphatic heterocycles. The number of alkyl halides is 3. The summed E-state index contributed by atoms with van der Waals surface area (Å²) in [6.07, 6.45) is -4.80. The summed E-state index contributed by atoms with van der Waals surface area (Å²) in [5.74, 6) is -0.782. The Morgan fingerprint density at radius 1 is 0.963 bits per heavy atom. The number of likely N-dealkylation sites (tertiary alicyclic amines) is 2. The Bertz CT molecular complexity index is 1700. The SMILES string of the molecule is CCOC(=O)CN1CC[C@@H](N2CCN(C(=O)[C@@H](Cc3cc(Cl)c(N)c(C(F)(F)F)c3)OC(=O)N3CCC(N4CCc5ccccc5NC4=O)CC3)CC2)C1. The van der Waals surface area contributed by atoms with Crippen molar-refractivity contribution in [1.82, 2.24) is 24.5 Å². The number of nitrogens with zero attached hydrogens (tertiary/aromatic N) is 5. The number of amides is 4. The fraction of sp³-hybridized carbons (Fsp3) is 0.568. The number of carbonyl (C=O) groups excluding carboxylic acids is 4. The van der Waals surface area contributed by atoms with Crippen LogP contribution in [0, 0.1) is 0 Å². The van der Waals surface area contributed by atoms with Crippen LogP contribution in [-0.2, 0) is 38.1 Å². The summed E-state index contributed by atoms with van der Waals surface area (Å²) < 4.78 is 52.5. The second-order valence-corrected chi connectivity index (χ2v) is 14.6. The van der Waals surface area contributed by atoms with Crippen molar-refractivity contribution in [2.45, 2.75) is 63.4 Å². The molecular weight excluding hydrogens is 731 g/mol. The molecule has 4 aliphatic rings. The van der Waals surface area contributed by atoms with Gasteiger partial charge in [0, 0.05) is 83.1 Å². The van der Waals surface area contributed by atoms with E-state index in [1.807, 2.05) is 29.2 Å². The van der Waals surface area contributed by atoms with Gasteiger partial charge in [0.15, 0.2) is 6.10 Å². The molecule has 2 aromatic carbocycles. The maximum absolute atomic E-state index is 14.1. The Kier molecular flexibility index (Phi) is 12.4. The number of nitrogens with one attached hydrogen (secondary N) is 1. The van der Waals surface area contributed by atoms with Gasteiger partial charge in [0.05, 0.1) is 29.4 Å². The number of benzene rings is 2. The summed E-state index contributed by atoms with van der Waals surface area (Å²) in [7, 11) is 0. The number of hydrogen-bond acceptors (Lipinski definition) is 9. The van der Waals surface area contributed by atoms with Crippen LogP contribution in [0.25, 0.3) is 0 Å². The van der Waals surface area contributed by atoms with Crippen LogP contribution in [0.4, 0.5) is 34.1 Å². The molecule has 17 heteroatoms. The smallest absolute Gasteiger partial charge is 0.418 e. The summed E-state index contributed by atoms with van der Waals surface area (Å²) in [6, 6.07) is 9.63. The first-order chi connectivity index (χ1) is 25.8. The Hall–Kier alpha value is -4.28. The van der Waals surface area contributed by atoms with E-state index in [1.54, 1.807) is 16.7 Å². The second kappa shape index (κ2) is 17.0. The van der Waals surface area contributed by atoms with E-state index >= 15 is 0 Å². The molecule has 0 unspecified atom stereocenters. The van der Waals surface area contributed by atoms with Gasteiger partial charge < -0.3 is 35.2 Å². The van der Waals surface area contributed by atoms with Gasteiger partial charge in [-0.2, -0.15) is 13.2 Å². The van der Waals surface area contributed by atoms with Gasteiger partial charge in [-0.25, -0.2) is 9.59 Å². The molecule has 0 aromatic heterocycles. The van der Waals surface area contributed by atoms with Crippen molar-refractivity contribution in [3.63, 3.8) is 0 Å². The number of urea groups is 1. The molecule has 0 saturated carbocycles. The highest BCUT2D eigenvalue weighted by atomic mass is 35.5. The Morgan fingerprint density at radius 3 is 2.37 bits per heavy atom. The van der Waals surface area contributed by atoms with Gasteiger partial charge in [0.25, 0.3) is 5.91 Å². The lowest BCUT2D eigenvalue weighted by Crippen LogP contribution is -2.55. The van der Waals surface area contributed by atoms with Crippen LogP contribution in [-0.4, -0.2) is 139 Å². The molecule has 2 aromatic rings.